The topological polar surface area (TPSA) is 95.5 Å². The van der Waals surface area contributed by atoms with Gasteiger partial charge in [0.25, 0.3) is 0 Å². The van der Waals surface area contributed by atoms with Gasteiger partial charge in [-0.05, 0) is 57.9 Å². The van der Waals surface area contributed by atoms with E-state index < -0.39 is 23.8 Å². The molecule has 2 bridgehead atoms. The van der Waals surface area contributed by atoms with E-state index in [1.54, 1.807) is 13.0 Å². The first kappa shape index (κ1) is 21.6. The fraction of sp³-hybridized carbons (Fsp3) is 0.591. The first-order valence-corrected chi connectivity index (χ1v) is 11.1. The van der Waals surface area contributed by atoms with Gasteiger partial charge in [-0.25, -0.2) is 4.79 Å². The number of ether oxygens (including phenoxy) is 1. The summed E-state index contributed by atoms with van der Waals surface area (Å²) in [6, 6.07) is 1.76. The Morgan fingerprint density at radius 2 is 1.83 bits per heavy atom. The van der Waals surface area contributed by atoms with Crippen LogP contribution in [0, 0.1) is 23.7 Å². The number of thiophene rings is 1. The number of esters is 1. The van der Waals surface area contributed by atoms with Crippen LogP contribution < -0.4 is 10.4 Å². The number of carboxylic acids is 1. The maximum Gasteiger partial charge on any atom is 0.341 e. The summed E-state index contributed by atoms with van der Waals surface area (Å²) in [7, 11) is 0. The molecule has 2 aliphatic rings. The zero-order valence-corrected chi connectivity index (χ0v) is 18.2. The number of aliphatic carboxylic acids is 1. The summed E-state index contributed by atoms with van der Waals surface area (Å²) in [5.74, 6) is -3.69. The van der Waals surface area contributed by atoms with Crippen molar-refractivity contribution in [3.8, 4) is 0 Å². The van der Waals surface area contributed by atoms with Gasteiger partial charge in [0.1, 0.15) is 5.00 Å². The molecule has 1 N–H and O–H groups in total. The van der Waals surface area contributed by atoms with Crippen LogP contribution in [0.5, 0.6) is 0 Å². The summed E-state index contributed by atoms with van der Waals surface area (Å²) < 4.78 is 5.13. The molecule has 0 saturated heterocycles. The second-order valence-corrected chi connectivity index (χ2v) is 9.17. The van der Waals surface area contributed by atoms with Crippen LogP contribution in [0.1, 0.15) is 62.2 Å². The zero-order chi connectivity index (χ0) is 21.3. The molecule has 2 saturated carbocycles. The molecule has 158 valence electrons. The molecule has 0 unspecified atom stereocenters. The molecule has 0 aromatic carbocycles. The molecule has 0 aliphatic heterocycles. The molecule has 4 atom stereocenters. The molecule has 6 nitrogen and oxygen atoms in total. The van der Waals surface area contributed by atoms with Crippen LogP contribution in [0.4, 0.5) is 5.00 Å². The third-order valence-electron chi connectivity index (χ3n) is 6.01. The van der Waals surface area contributed by atoms with Gasteiger partial charge in [0.2, 0.25) is 5.91 Å². The first-order chi connectivity index (χ1) is 13.8. The molecule has 0 radical (unpaired) electrons. The molecule has 3 rings (SSSR count). The van der Waals surface area contributed by atoms with Crippen molar-refractivity contribution in [3.63, 3.8) is 0 Å². The Labute approximate surface area is 175 Å². The second kappa shape index (κ2) is 8.69. The highest BCUT2D eigenvalue weighted by atomic mass is 32.1. The second-order valence-electron chi connectivity index (χ2n) is 8.03. The van der Waals surface area contributed by atoms with Crippen LogP contribution in [-0.4, -0.2) is 24.5 Å². The summed E-state index contributed by atoms with van der Waals surface area (Å²) in [6.45, 7) is 7.97. The lowest BCUT2D eigenvalue weighted by molar-refractivity contribution is -0.314. The van der Waals surface area contributed by atoms with E-state index >= 15 is 0 Å². The predicted octanol–water partition coefficient (Wildman–Crippen LogP) is 3.17. The van der Waals surface area contributed by atoms with E-state index in [-0.39, 0.29) is 24.3 Å². The van der Waals surface area contributed by atoms with Crippen molar-refractivity contribution in [3.05, 3.63) is 27.7 Å². The predicted molar refractivity (Wildman–Crippen MR) is 109 cm³/mol. The zero-order valence-electron chi connectivity index (χ0n) is 17.4. The third-order valence-corrected chi connectivity index (χ3v) is 7.12. The van der Waals surface area contributed by atoms with Gasteiger partial charge in [-0.1, -0.05) is 24.5 Å². The van der Waals surface area contributed by atoms with Crippen LogP contribution in [0.3, 0.4) is 0 Å². The van der Waals surface area contributed by atoms with E-state index in [1.165, 1.54) is 11.3 Å². The number of carboxylic acid groups (broad SMARTS) is 1. The number of anilines is 1. The van der Waals surface area contributed by atoms with Crippen LogP contribution in [-0.2, 0) is 20.7 Å². The number of aryl methyl sites for hydroxylation is 1. The smallest absolute Gasteiger partial charge is 0.341 e. The van der Waals surface area contributed by atoms with Crippen molar-refractivity contribution in [2.24, 2.45) is 23.7 Å². The van der Waals surface area contributed by atoms with Crippen LogP contribution in [0.25, 0.3) is 0 Å². The molecule has 1 aromatic rings. The van der Waals surface area contributed by atoms with E-state index in [4.69, 9.17) is 4.74 Å². The molecule has 2 fully saturated rings. The first-order valence-electron chi connectivity index (χ1n) is 10.3. The molecule has 29 heavy (non-hydrogen) atoms. The maximum absolute atomic E-state index is 13.2. The standard InChI is InChI=1S/C22H29NO5S/c1-5-7-12-10-15(22(27)28-6-2)20(29-12)23-19(24)17-13-8-9-14(16(13)11(3)4)18(17)21(25)26/h10,13-14,17-18H,5-9H2,1-4H3,(H,23,24)(H,25,26)/p-1/t13-,14+,17+,18-/m0/s1. The Hall–Kier alpha value is -2.15. The molecule has 1 aromatic heterocycles. The van der Waals surface area contributed by atoms with Crippen molar-refractivity contribution < 1.29 is 24.2 Å². The average Bonchev–Trinajstić information content (AvgIpc) is 3.33. The Morgan fingerprint density at radius 1 is 1.17 bits per heavy atom. The van der Waals surface area contributed by atoms with Gasteiger partial charge in [-0.15, -0.1) is 11.3 Å². The van der Waals surface area contributed by atoms with E-state index in [2.05, 4.69) is 5.32 Å². The molecular weight excluding hydrogens is 390 g/mol. The lowest BCUT2D eigenvalue weighted by Crippen LogP contribution is -2.44. The third kappa shape index (κ3) is 3.97. The average molecular weight is 419 g/mol. The van der Waals surface area contributed by atoms with Crippen molar-refractivity contribution in [2.75, 3.05) is 11.9 Å². The number of amides is 1. The number of hydrogen-bond donors (Lipinski definition) is 1. The lowest BCUT2D eigenvalue weighted by atomic mass is 9.79. The van der Waals surface area contributed by atoms with Crippen molar-refractivity contribution >= 4 is 34.2 Å². The Bertz CT molecular complexity index is 851. The number of rotatable bonds is 7. The fourth-order valence-electron chi connectivity index (χ4n) is 5.05. The molecule has 0 spiro atoms. The molecule has 1 heterocycles. The number of carbonyl (C=O) groups excluding carboxylic acids is 3. The van der Waals surface area contributed by atoms with Gasteiger partial charge in [-0.3, -0.25) is 4.79 Å². The van der Waals surface area contributed by atoms with E-state index in [0.29, 0.717) is 10.6 Å². The monoisotopic (exact) mass is 418 g/mol. The van der Waals surface area contributed by atoms with Gasteiger partial charge in [0.15, 0.2) is 0 Å². The maximum atomic E-state index is 13.2. The lowest BCUT2D eigenvalue weighted by Gasteiger charge is -2.30. The largest absolute Gasteiger partial charge is 0.550 e. The highest BCUT2D eigenvalue weighted by Crippen LogP contribution is 2.57. The SMILES string of the molecule is CCCc1cc(C(=O)OCC)c(NC(=O)[C@H]2[C@@H](C(=O)[O-])[C@@H]3CC[C@H]2C3=C(C)C)s1. The van der Waals surface area contributed by atoms with E-state index in [1.807, 2.05) is 20.8 Å². The highest BCUT2D eigenvalue weighted by Gasteiger charge is 2.54. The minimum Gasteiger partial charge on any atom is -0.550 e. The van der Waals surface area contributed by atoms with Gasteiger partial charge < -0.3 is 20.0 Å². The Kier molecular flexibility index (Phi) is 6.46. The van der Waals surface area contributed by atoms with Crippen molar-refractivity contribution in [2.45, 2.75) is 53.4 Å². The molecule has 2 aliphatic carbocycles. The fourth-order valence-corrected chi connectivity index (χ4v) is 6.20. The summed E-state index contributed by atoms with van der Waals surface area (Å²) in [5, 5.41) is 15.2. The number of fused-ring (bicyclic) bond motifs is 2. The summed E-state index contributed by atoms with van der Waals surface area (Å²) in [6.07, 6.45) is 3.30. The van der Waals surface area contributed by atoms with Gasteiger partial charge in [-0.2, -0.15) is 0 Å². The number of hydrogen-bond acceptors (Lipinski definition) is 6. The Morgan fingerprint density at radius 3 is 2.38 bits per heavy atom. The van der Waals surface area contributed by atoms with Gasteiger partial charge in [0.05, 0.1) is 18.1 Å². The van der Waals surface area contributed by atoms with E-state index in [0.717, 1.165) is 41.7 Å². The van der Waals surface area contributed by atoms with Gasteiger partial charge in [0, 0.05) is 16.8 Å². The summed E-state index contributed by atoms with van der Waals surface area (Å²) >= 11 is 1.35. The number of carbonyl (C=O) groups is 3. The summed E-state index contributed by atoms with van der Waals surface area (Å²) in [4.78, 5) is 38.4. The van der Waals surface area contributed by atoms with Gasteiger partial charge >= 0.3 is 5.97 Å². The quantitative estimate of drug-likeness (QED) is 0.542. The Balaban J connectivity index is 1.90. The number of allylic oxidation sites excluding steroid dienone is 2. The molecular formula is C22H28NO5S-. The normalized spacial score (nSPS) is 25.2. The molecule has 7 heteroatoms. The van der Waals surface area contributed by atoms with E-state index in [9.17, 15) is 19.5 Å². The summed E-state index contributed by atoms with van der Waals surface area (Å²) in [5.41, 5.74) is 2.53. The molecule has 1 amide bonds. The van der Waals surface area contributed by atoms with Crippen molar-refractivity contribution in [1.29, 1.82) is 0 Å². The number of nitrogens with one attached hydrogen (secondary N) is 1. The van der Waals surface area contributed by atoms with Crippen LogP contribution >= 0.6 is 11.3 Å². The highest BCUT2D eigenvalue weighted by molar-refractivity contribution is 7.16. The van der Waals surface area contributed by atoms with Crippen LogP contribution in [0.2, 0.25) is 0 Å². The van der Waals surface area contributed by atoms with Crippen LogP contribution in [0.15, 0.2) is 17.2 Å². The minimum atomic E-state index is -1.17. The minimum absolute atomic E-state index is 0.0750. The van der Waals surface area contributed by atoms with Crippen molar-refractivity contribution in [1.82, 2.24) is 0 Å².